The largest absolute Gasteiger partial charge is 0.467 e. The quantitative estimate of drug-likeness (QED) is 0.767. The van der Waals surface area contributed by atoms with Gasteiger partial charge in [-0.3, -0.25) is 14.3 Å². The van der Waals surface area contributed by atoms with E-state index in [9.17, 15) is 5.11 Å². The van der Waals surface area contributed by atoms with Crippen LogP contribution in [0.1, 0.15) is 24.0 Å². The normalized spacial score (nSPS) is 20.5. The van der Waals surface area contributed by atoms with Gasteiger partial charge in [0.15, 0.2) is 5.65 Å². The summed E-state index contributed by atoms with van der Waals surface area (Å²) >= 11 is 0. The van der Waals surface area contributed by atoms with Crippen LogP contribution in [0.25, 0.3) is 5.65 Å². The molecule has 1 saturated heterocycles. The van der Waals surface area contributed by atoms with Gasteiger partial charge in [-0.25, -0.2) is 4.98 Å². The third kappa shape index (κ3) is 3.06. The van der Waals surface area contributed by atoms with Gasteiger partial charge in [-0.15, -0.1) is 0 Å². The van der Waals surface area contributed by atoms with Crippen molar-refractivity contribution in [1.29, 1.82) is 0 Å². The molecule has 1 fully saturated rings. The zero-order valence-corrected chi connectivity index (χ0v) is 13.3. The Morgan fingerprint density at radius 3 is 3.21 bits per heavy atom. The van der Waals surface area contributed by atoms with Gasteiger partial charge in [-0.2, -0.15) is 0 Å². The van der Waals surface area contributed by atoms with Gasteiger partial charge in [-0.1, -0.05) is 0 Å². The Morgan fingerprint density at radius 2 is 2.33 bits per heavy atom. The van der Waals surface area contributed by atoms with Gasteiger partial charge in [0, 0.05) is 31.5 Å². The van der Waals surface area contributed by atoms with Crippen molar-refractivity contribution in [2.24, 2.45) is 0 Å². The Labute approximate surface area is 139 Å². The molecule has 0 saturated carbocycles. The van der Waals surface area contributed by atoms with Crippen LogP contribution >= 0.6 is 0 Å². The second kappa shape index (κ2) is 6.72. The number of aliphatic hydroxyl groups excluding tert-OH is 1. The number of aliphatic hydroxyl groups is 1. The summed E-state index contributed by atoms with van der Waals surface area (Å²) in [6.45, 7) is 2.89. The van der Waals surface area contributed by atoms with Crippen LogP contribution in [-0.4, -0.2) is 50.2 Å². The summed E-state index contributed by atoms with van der Waals surface area (Å²) in [5, 5.41) is 10.4. The number of aromatic nitrogens is 3. The lowest BCUT2D eigenvalue weighted by Gasteiger charge is -2.36. The van der Waals surface area contributed by atoms with Crippen LogP contribution in [0.3, 0.4) is 0 Å². The molecule has 3 aromatic heterocycles. The second-order valence-corrected chi connectivity index (χ2v) is 6.02. The van der Waals surface area contributed by atoms with Gasteiger partial charge in [0.2, 0.25) is 0 Å². The first kappa shape index (κ1) is 15.3. The SMILES string of the molecule is OC(CC1COCCN1Cc1cnc2cnccn12)c1ccco1. The highest BCUT2D eigenvalue weighted by Crippen LogP contribution is 2.24. The lowest BCUT2D eigenvalue weighted by molar-refractivity contribution is -0.0328. The number of morpholine rings is 1. The number of furan rings is 1. The summed E-state index contributed by atoms with van der Waals surface area (Å²) in [7, 11) is 0. The van der Waals surface area contributed by atoms with Gasteiger partial charge in [0.25, 0.3) is 0 Å². The molecule has 0 amide bonds. The molecule has 0 bridgehead atoms. The van der Waals surface area contributed by atoms with Crippen LogP contribution in [0.5, 0.6) is 0 Å². The zero-order chi connectivity index (χ0) is 16.4. The number of fused-ring (bicyclic) bond motifs is 1. The fourth-order valence-electron chi connectivity index (χ4n) is 3.19. The highest BCUT2D eigenvalue weighted by atomic mass is 16.5. The molecule has 3 aromatic rings. The van der Waals surface area contributed by atoms with Gasteiger partial charge in [0.05, 0.1) is 37.6 Å². The van der Waals surface area contributed by atoms with Crippen molar-refractivity contribution in [3.05, 3.63) is 54.6 Å². The molecule has 7 heteroatoms. The molecular weight excluding hydrogens is 308 g/mol. The molecule has 0 aromatic carbocycles. The summed E-state index contributed by atoms with van der Waals surface area (Å²) in [4.78, 5) is 10.8. The Bertz CT molecular complexity index is 786. The van der Waals surface area contributed by atoms with Crippen molar-refractivity contribution in [1.82, 2.24) is 19.3 Å². The van der Waals surface area contributed by atoms with Gasteiger partial charge in [0.1, 0.15) is 11.9 Å². The van der Waals surface area contributed by atoms with Crippen LogP contribution in [0.15, 0.2) is 47.6 Å². The highest BCUT2D eigenvalue weighted by Gasteiger charge is 2.27. The van der Waals surface area contributed by atoms with E-state index in [1.165, 1.54) is 0 Å². The molecule has 1 N–H and O–H groups in total. The molecule has 4 heterocycles. The smallest absolute Gasteiger partial charge is 0.155 e. The fraction of sp³-hybridized carbons (Fsp3) is 0.412. The predicted octanol–water partition coefficient (Wildman–Crippen LogP) is 1.65. The third-order valence-corrected chi connectivity index (χ3v) is 4.48. The van der Waals surface area contributed by atoms with Crippen LogP contribution < -0.4 is 0 Å². The topological polar surface area (TPSA) is 76.0 Å². The molecule has 24 heavy (non-hydrogen) atoms. The number of rotatable bonds is 5. The van der Waals surface area contributed by atoms with E-state index in [-0.39, 0.29) is 6.04 Å². The lowest BCUT2D eigenvalue weighted by Crippen LogP contribution is -2.45. The molecular formula is C17H20N4O3. The maximum atomic E-state index is 10.4. The number of imidazole rings is 1. The summed E-state index contributed by atoms with van der Waals surface area (Å²) in [5.41, 5.74) is 1.94. The Kier molecular flexibility index (Phi) is 4.29. The molecule has 2 atom stereocenters. The summed E-state index contributed by atoms with van der Waals surface area (Å²) in [6.07, 6.45) is 8.85. The van der Waals surface area contributed by atoms with Crippen LogP contribution in [0.4, 0.5) is 0 Å². The maximum absolute atomic E-state index is 10.4. The molecule has 1 aliphatic heterocycles. The van der Waals surface area contributed by atoms with E-state index < -0.39 is 6.10 Å². The number of ether oxygens (including phenoxy) is 1. The Hall–Kier alpha value is -2.22. The molecule has 1 aliphatic rings. The van der Waals surface area contributed by atoms with Crippen molar-refractivity contribution in [3.8, 4) is 0 Å². The van der Waals surface area contributed by atoms with Crippen LogP contribution in [0.2, 0.25) is 0 Å². The molecule has 4 rings (SSSR count). The zero-order valence-electron chi connectivity index (χ0n) is 13.3. The third-order valence-electron chi connectivity index (χ3n) is 4.48. The first-order valence-corrected chi connectivity index (χ1v) is 8.10. The van der Waals surface area contributed by atoms with Gasteiger partial charge >= 0.3 is 0 Å². The minimum Gasteiger partial charge on any atom is -0.467 e. The molecule has 0 radical (unpaired) electrons. The van der Waals surface area contributed by atoms with E-state index >= 15 is 0 Å². The van der Waals surface area contributed by atoms with Crippen molar-refractivity contribution < 1.29 is 14.3 Å². The van der Waals surface area contributed by atoms with E-state index in [1.807, 2.05) is 16.8 Å². The van der Waals surface area contributed by atoms with E-state index in [1.54, 1.807) is 30.8 Å². The van der Waals surface area contributed by atoms with Crippen LogP contribution in [0, 0.1) is 0 Å². The Morgan fingerprint density at radius 1 is 1.38 bits per heavy atom. The average Bonchev–Trinajstić information content (AvgIpc) is 3.27. The fourth-order valence-corrected chi connectivity index (χ4v) is 3.19. The maximum Gasteiger partial charge on any atom is 0.155 e. The summed E-state index contributed by atoms with van der Waals surface area (Å²) < 4.78 is 13.0. The van der Waals surface area contributed by atoms with Crippen molar-refractivity contribution in [2.75, 3.05) is 19.8 Å². The minimum atomic E-state index is -0.624. The monoisotopic (exact) mass is 328 g/mol. The highest BCUT2D eigenvalue weighted by molar-refractivity contribution is 5.36. The first-order valence-electron chi connectivity index (χ1n) is 8.10. The van der Waals surface area contributed by atoms with Gasteiger partial charge < -0.3 is 14.3 Å². The van der Waals surface area contributed by atoms with Gasteiger partial charge in [-0.05, 0) is 18.6 Å². The molecule has 2 unspecified atom stereocenters. The van der Waals surface area contributed by atoms with E-state index in [2.05, 4.69) is 14.9 Å². The summed E-state index contributed by atoms with van der Waals surface area (Å²) in [5.74, 6) is 0.599. The van der Waals surface area contributed by atoms with E-state index in [0.717, 1.165) is 24.4 Å². The van der Waals surface area contributed by atoms with Crippen LogP contribution in [-0.2, 0) is 11.3 Å². The summed E-state index contributed by atoms with van der Waals surface area (Å²) in [6, 6.07) is 3.72. The van der Waals surface area contributed by atoms with E-state index in [4.69, 9.17) is 9.15 Å². The molecule has 7 nitrogen and oxygen atoms in total. The molecule has 0 spiro atoms. The van der Waals surface area contributed by atoms with E-state index in [0.29, 0.717) is 25.4 Å². The number of nitrogens with zero attached hydrogens (tertiary/aromatic N) is 4. The molecule has 126 valence electrons. The first-order chi connectivity index (χ1) is 11.8. The van der Waals surface area contributed by atoms with Crippen molar-refractivity contribution >= 4 is 5.65 Å². The second-order valence-electron chi connectivity index (χ2n) is 6.02. The standard InChI is InChI=1S/C17H20N4O3/c22-15(16-2-1-6-24-16)8-13-12-23-7-5-20(13)11-14-9-19-17-10-18-3-4-21(14)17/h1-4,6,9-10,13,15,22H,5,7-8,11-12H2. The minimum absolute atomic E-state index is 0.131. The van der Waals surface area contributed by atoms with Crippen molar-refractivity contribution in [3.63, 3.8) is 0 Å². The molecule has 0 aliphatic carbocycles. The Balaban J connectivity index is 1.49. The van der Waals surface area contributed by atoms with Crippen molar-refractivity contribution in [2.45, 2.75) is 25.1 Å². The number of hydrogen-bond acceptors (Lipinski definition) is 6. The number of hydrogen-bond donors (Lipinski definition) is 1. The predicted molar refractivity (Wildman–Crippen MR) is 86.3 cm³/mol. The average molecular weight is 328 g/mol. The lowest BCUT2D eigenvalue weighted by atomic mass is 10.1.